The molecular formula is C18H24N4O3. The molecular weight excluding hydrogens is 320 g/mol. The third-order valence-electron chi connectivity index (χ3n) is 4.42. The largest absolute Gasteiger partial charge is 0.497 e. The highest BCUT2D eigenvalue weighted by Crippen LogP contribution is 2.23. The van der Waals surface area contributed by atoms with Crippen LogP contribution in [0.2, 0.25) is 0 Å². The van der Waals surface area contributed by atoms with Crippen molar-refractivity contribution in [2.75, 3.05) is 26.9 Å². The second-order valence-corrected chi connectivity index (χ2v) is 6.19. The van der Waals surface area contributed by atoms with E-state index >= 15 is 0 Å². The maximum Gasteiger partial charge on any atom is 0.315 e. The van der Waals surface area contributed by atoms with Crippen molar-refractivity contribution in [2.45, 2.75) is 12.5 Å². The second kappa shape index (κ2) is 8.02. The molecule has 2 amide bonds. The number of hydrogen-bond donors (Lipinski definition) is 2. The maximum atomic E-state index is 12.4. The molecule has 25 heavy (non-hydrogen) atoms. The third-order valence-corrected chi connectivity index (χ3v) is 4.42. The normalized spacial score (nSPS) is 17.9. The first kappa shape index (κ1) is 17.3. The minimum atomic E-state index is -0.342. The summed E-state index contributed by atoms with van der Waals surface area (Å²) in [5.41, 5.74) is 0.939. The first-order valence-corrected chi connectivity index (χ1v) is 8.40. The summed E-state index contributed by atoms with van der Waals surface area (Å²) in [6.07, 6.45) is 4.57. The number of urea groups is 1. The van der Waals surface area contributed by atoms with E-state index in [1.807, 2.05) is 42.1 Å². The van der Waals surface area contributed by atoms with Crippen LogP contribution in [0.15, 0.2) is 36.7 Å². The van der Waals surface area contributed by atoms with Gasteiger partial charge in [-0.3, -0.25) is 0 Å². The topological polar surface area (TPSA) is 77.4 Å². The number of carbonyl (C=O) groups is 1. The summed E-state index contributed by atoms with van der Waals surface area (Å²) in [5, 5.41) is 5.96. The maximum absolute atomic E-state index is 12.4. The molecule has 1 aromatic carbocycles. The number of rotatable bonds is 6. The number of ether oxygens (including phenoxy) is 2. The molecule has 0 unspecified atom stereocenters. The summed E-state index contributed by atoms with van der Waals surface area (Å²) < 4.78 is 12.4. The molecule has 0 spiro atoms. The van der Waals surface area contributed by atoms with Crippen LogP contribution in [0.3, 0.4) is 0 Å². The number of nitrogens with zero attached hydrogens (tertiary/aromatic N) is 2. The van der Waals surface area contributed by atoms with Gasteiger partial charge in [0.25, 0.3) is 0 Å². The Morgan fingerprint density at radius 2 is 2.24 bits per heavy atom. The SMILES string of the molecule is COc1ccc([C@H](NC(=O)NC[C@@H]2CCOC2)c2nccn2C)cc1. The van der Waals surface area contributed by atoms with Crippen molar-refractivity contribution in [3.8, 4) is 5.75 Å². The van der Waals surface area contributed by atoms with E-state index in [2.05, 4.69) is 15.6 Å². The van der Waals surface area contributed by atoms with Gasteiger partial charge in [0.05, 0.1) is 13.7 Å². The lowest BCUT2D eigenvalue weighted by atomic mass is 10.1. The zero-order valence-electron chi connectivity index (χ0n) is 14.6. The van der Waals surface area contributed by atoms with Gasteiger partial charge >= 0.3 is 6.03 Å². The fourth-order valence-electron chi connectivity index (χ4n) is 2.91. The summed E-state index contributed by atoms with van der Waals surface area (Å²) in [4.78, 5) is 16.8. The number of carbonyl (C=O) groups excluding carboxylic acids is 1. The van der Waals surface area contributed by atoms with Gasteiger partial charge in [-0.2, -0.15) is 0 Å². The highest BCUT2D eigenvalue weighted by molar-refractivity contribution is 5.74. The molecule has 1 aliphatic heterocycles. The number of nitrogens with one attached hydrogen (secondary N) is 2. The van der Waals surface area contributed by atoms with Gasteiger partial charge in [0, 0.05) is 38.5 Å². The Labute approximate surface area is 147 Å². The average molecular weight is 344 g/mol. The van der Waals surface area contributed by atoms with Crippen LogP contribution in [0.5, 0.6) is 5.75 Å². The van der Waals surface area contributed by atoms with E-state index in [1.54, 1.807) is 13.3 Å². The number of methoxy groups -OCH3 is 1. The predicted octanol–water partition coefficient (Wildman–Crippen LogP) is 1.85. The number of benzene rings is 1. The van der Waals surface area contributed by atoms with Crippen molar-refractivity contribution in [1.29, 1.82) is 0 Å². The van der Waals surface area contributed by atoms with E-state index in [1.165, 1.54) is 0 Å². The number of aromatic nitrogens is 2. The average Bonchev–Trinajstić information content (AvgIpc) is 3.30. The highest BCUT2D eigenvalue weighted by atomic mass is 16.5. The molecule has 3 rings (SSSR count). The number of hydrogen-bond acceptors (Lipinski definition) is 4. The number of imidazole rings is 1. The van der Waals surface area contributed by atoms with E-state index in [0.29, 0.717) is 19.1 Å². The van der Waals surface area contributed by atoms with Crippen molar-refractivity contribution in [3.05, 3.63) is 48.0 Å². The lowest BCUT2D eigenvalue weighted by Crippen LogP contribution is -2.41. The fraction of sp³-hybridized carbons (Fsp3) is 0.444. The van der Waals surface area contributed by atoms with Crippen LogP contribution in [0.1, 0.15) is 23.9 Å². The highest BCUT2D eigenvalue weighted by Gasteiger charge is 2.22. The summed E-state index contributed by atoms with van der Waals surface area (Å²) in [6, 6.07) is 7.06. The molecule has 1 aliphatic rings. The Bertz CT molecular complexity index is 693. The molecule has 134 valence electrons. The molecule has 0 saturated carbocycles. The second-order valence-electron chi connectivity index (χ2n) is 6.19. The quantitative estimate of drug-likeness (QED) is 0.838. The van der Waals surface area contributed by atoms with Crippen LogP contribution in [0, 0.1) is 5.92 Å². The van der Waals surface area contributed by atoms with Gasteiger partial charge in [-0.25, -0.2) is 9.78 Å². The van der Waals surface area contributed by atoms with Crippen LogP contribution >= 0.6 is 0 Å². The Morgan fingerprint density at radius 1 is 1.44 bits per heavy atom. The zero-order valence-corrected chi connectivity index (χ0v) is 14.6. The van der Waals surface area contributed by atoms with Crippen LogP contribution in [-0.4, -0.2) is 42.5 Å². The Hall–Kier alpha value is -2.54. The Balaban J connectivity index is 1.71. The molecule has 2 atom stereocenters. The third kappa shape index (κ3) is 4.30. The molecule has 7 nitrogen and oxygen atoms in total. The summed E-state index contributed by atoms with van der Waals surface area (Å²) in [7, 11) is 3.54. The molecule has 0 aliphatic carbocycles. The monoisotopic (exact) mass is 344 g/mol. The zero-order chi connectivity index (χ0) is 17.6. The van der Waals surface area contributed by atoms with Gasteiger partial charge in [0.1, 0.15) is 17.6 Å². The lowest BCUT2D eigenvalue weighted by Gasteiger charge is -2.20. The summed E-state index contributed by atoms with van der Waals surface area (Å²) >= 11 is 0. The van der Waals surface area contributed by atoms with E-state index in [4.69, 9.17) is 9.47 Å². The van der Waals surface area contributed by atoms with Gasteiger partial charge in [0.15, 0.2) is 0 Å². The molecule has 7 heteroatoms. The first-order valence-electron chi connectivity index (χ1n) is 8.40. The number of aryl methyl sites for hydroxylation is 1. The molecule has 1 saturated heterocycles. The van der Waals surface area contributed by atoms with Crippen molar-refractivity contribution in [1.82, 2.24) is 20.2 Å². The number of amides is 2. The smallest absolute Gasteiger partial charge is 0.315 e. The minimum absolute atomic E-state index is 0.212. The van der Waals surface area contributed by atoms with Crippen molar-refractivity contribution in [2.24, 2.45) is 13.0 Å². The van der Waals surface area contributed by atoms with Crippen LogP contribution in [-0.2, 0) is 11.8 Å². The fourth-order valence-corrected chi connectivity index (χ4v) is 2.91. The van der Waals surface area contributed by atoms with Gasteiger partial charge in [-0.15, -0.1) is 0 Å². The molecule has 2 N–H and O–H groups in total. The molecule has 0 bridgehead atoms. The van der Waals surface area contributed by atoms with E-state index in [-0.39, 0.29) is 12.1 Å². The standard InChI is InChI=1S/C18H24N4O3/c1-22-9-8-19-17(22)16(14-3-5-15(24-2)6-4-14)21-18(23)20-11-13-7-10-25-12-13/h3-6,8-9,13,16H,7,10-12H2,1-2H3,(H2,20,21,23)/t13-,16-/m0/s1. The van der Waals surface area contributed by atoms with Crippen molar-refractivity contribution in [3.63, 3.8) is 0 Å². The van der Waals surface area contributed by atoms with Gasteiger partial charge < -0.3 is 24.7 Å². The summed E-state index contributed by atoms with van der Waals surface area (Å²) in [6.45, 7) is 2.10. The molecule has 1 fully saturated rings. The van der Waals surface area contributed by atoms with E-state index in [0.717, 1.165) is 30.2 Å². The Morgan fingerprint density at radius 3 is 2.84 bits per heavy atom. The van der Waals surface area contributed by atoms with Crippen LogP contribution in [0.25, 0.3) is 0 Å². The van der Waals surface area contributed by atoms with Gasteiger partial charge in [-0.05, 0) is 24.1 Å². The van der Waals surface area contributed by atoms with E-state index < -0.39 is 0 Å². The lowest BCUT2D eigenvalue weighted by molar-refractivity contribution is 0.185. The summed E-state index contributed by atoms with van der Waals surface area (Å²) in [5.74, 6) is 1.93. The van der Waals surface area contributed by atoms with Crippen molar-refractivity contribution < 1.29 is 14.3 Å². The minimum Gasteiger partial charge on any atom is -0.497 e. The van der Waals surface area contributed by atoms with Crippen LogP contribution < -0.4 is 15.4 Å². The van der Waals surface area contributed by atoms with Crippen LogP contribution in [0.4, 0.5) is 4.79 Å². The van der Waals surface area contributed by atoms with E-state index in [9.17, 15) is 4.79 Å². The Kier molecular flexibility index (Phi) is 5.55. The first-order chi connectivity index (χ1) is 12.2. The molecule has 0 radical (unpaired) electrons. The molecule has 2 aromatic rings. The van der Waals surface area contributed by atoms with Gasteiger partial charge in [0.2, 0.25) is 0 Å². The molecule has 2 heterocycles. The van der Waals surface area contributed by atoms with Crippen molar-refractivity contribution >= 4 is 6.03 Å². The molecule has 1 aromatic heterocycles. The predicted molar refractivity (Wildman–Crippen MR) is 93.5 cm³/mol. The van der Waals surface area contributed by atoms with Gasteiger partial charge in [-0.1, -0.05) is 12.1 Å².